The lowest BCUT2D eigenvalue weighted by atomic mass is 10.1. The predicted octanol–water partition coefficient (Wildman–Crippen LogP) is 4.56. The van der Waals surface area contributed by atoms with Crippen LogP contribution in [0.4, 0.5) is 11.6 Å². The molecule has 2 rings (SSSR count). The standard InChI is InChI=1S/C22H35N5O2/c1-9-15(10-2)24-21-17(11-3)25-20(22(26-21)28-8)16-13-23-19(27(6)7)12-18(16)29-14(4)5/h12-15H,9-11H2,1-8H3,(H,24,26). The number of nitrogens with zero attached hydrogens (tertiary/aromatic N) is 4. The molecule has 0 atom stereocenters. The molecule has 0 aliphatic rings. The molecule has 0 amide bonds. The zero-order valence-electron chi connectivity index (χ0n) is 19.0. The summed E-state index contributed by atoms with van der Waals surface area (Å²) in [5.74, 6) is 2.78. The third-order valence-corrected chi connectivity index (χ3v) is 4.72. The van der Waals surface area contributed by atoms with E-state index in [-0.39, 0.29) is 6.10 Å². The van der Waals surface area contributed by atoms with Crippen LogP contribution in [0.5, 0.6) is 11.6 Å². The molecule has 0 spiro atoms. The minimum absolute atomic E-state index is 0.0200. The maximum atomic E-state index is 6.09. The SMILES string of the molecule is CCc1nc(-c2cnc(N(C)C)cc2OC(C)C)c(OC)nc1NC(CC)CC. The Labute approximate surface area is 174 Å². The van der Waals surface area contributed by atoms with Gasteiger partial charge in [0.1, 0.15) is 17.3 Å². The first-order valence-corrected chi connectivity index (χ1v) is 10.4. The molecule has 7 nitrogen and oxygen atoms in total. The molecule has 0 bridgehead atoms. The van der Waals surface area contributed by atoms with Crippen molar-refractivity contribution in [2.45, 2.75) is 66.0 Å². The van der Waals surface area contributed by atoms with Crippen molar-refractivity contribution >= 4 is 11.6 Å². The van der Waals surface area contributed by atoms with Gasteiger partial charge in [-0.25, -0.2) is 9.97 Å². The first kappa shape index (κ1) is 22.7. The van der Waals surface area contributed by atoms with Gasteiger partial charge >= 0.3 is 0 Å². The van der Waals surface area contributed by atoms with Crippen LogP contribution in [0.15, 0.2) is 12.3 Å². The molecular formula is C22H35N5O2. The van der Waals surface area contributed by atoms with E-state index in [4.69, 9.17) is 19.4 Å². The smallest absolute Gasteiger partial charge is 0.242 e. The van der Waals surface area contributed by atoms with E-state index in [0.717, 1.165) is 42.2 Å². The van der Waals surface area contributed by atoms with E-state index in [1.165, 1.54) is 0 Å². The van der Waals surface area contributed by atoms with Crippen molar-refractivity contribution in [2.75, 3.05) is 31.4 Å². The molecule has 29 heavy (non-hydrogen) atoms. The fourth-order valence-electron chi connectivity index (χ4n) is 3.02. The van der Waals surface area contributed by atoms with Crippen LogP contribution in [0.1, 0.15) is 53.2 Å². The fourth-order valence-corrected chi connectivity index (χ4v) is 3.02. The van der Waals surface area contributed by atoms with Gasteiger partial charge in [0.2, 0.25) is 5.88 Å². The van der Waals surface area contributed by atoms with Crippen LogP contribution in [-0.4, -0.2) is 48.3 Å². The molecule has 0 aromatic carbocycles. The van der Waals surface area contributed by atoms with Crippen molar-refractivity contribution in [3.05, 3.63) is 18.0 Å². The number of nitrogens with one attached hydrogen (secondary N) is 1. The second-order valence-corrected chi connectivity index (χ2v) is 7.49. The molecule has 2 aromatic rings. The number of anilines is 2. The van der Waals surface area contributed by atoms with Crippen molar-refractivity contribution in [3.8, 4) is 22.9 Å². The van der Waals surface area contributed by atoms with Gasteiger partial charge in [0, 0.05) is 32.4 Å². The van der Waals surface area contributed by atoms with Crippen LogP contribution in [0.25, 0.3) is 11.3 Å². The fraction of sp³-hybridized carbons (Fsp3) is 0.591. The Kier molecular flexibility index (Phi) is 8.05. The summed E-state index contributed by atoms with van der Waals surface area (Å²) in [5.41, 5.74) is 2.32. The van der Waals surface area contributed by atoms with Crippen molar-refractivity contribution in [1.82, 2.24) is 15.0 Å². The summed E-state index contributed by atoms with van der Waals surface area (Å²) in [6.07, 6.45) is 4.61. The summed E-state index contributed by atoms with van der Waals surface area (Å²) in [6, 6.07) is 2.28. The summed E-state index contributed by atoms with van der Waals surface area (Å²) in [7, 11) is 5.52. The molecule has 1 N–H and O–H groups in total. The van der Waals surface area contributed by atoms with E-state index in [2.05, 4.69) is 31.1 Å². The Morgan fingerprint density at radius 2 is 1.79 bits per heavy atom. The van der Waals surface area contributed by atoms with Gasteiger partial charge in [-0.1, -0.05) is 20.8 Å². The van der Waals surface area contributed by atoms with Crippen molar-refractivity contribution < 1.29 is 9.47 Å². The third kappa shape index (κ3) is 5.49. The molecule has 0 radical (unpaired) electrons. The van der Waals surface area contributed by atoms with E-state index in [1.54, 1.807) is 13.3 Å². The Balaban J connectivity index is 2.61. The van der Waals surface area contributed by atoms with Gasteiger partial charge in [0.15, 0.2) is 5.82 Å². The van der Waals surface area contributed by atoms with Gasteiger partial charge in [-0.15, -0.1) is 0 Å². The van der Waals surface area contributed by atoms with E-state index in [9.17, 15) is 0 Å². The molecular weight excluding hydrogens is 366 g/mol. The second-order valence-electron chi connectivity index (χ2n) is 7.49. The average Bonchev–Trinajstić information content (AvgIpc) is 2.70. The summed E-state index contributed by atoms with van der Waals surface area (Å²) in [4.78, 5) is 16.2. The highest BCUT2D eigenvalue weighted by Gasteiger charge is 2.21. The number of ether oxygens (including phenoxy) is 2. The maximum Gasteiger partial charge on any atom is 0.242 e. The van der Waals surface area contributed by atoms with Crippen molar-refractivity contribution in [2.24, 2.45) is 0 Å². The predicted molar refractivity (Wildman–Crippen MR) is 119 cm³/mol. The number of pyridine rings is 1. The Hall–Kier alpha value is -2.57. The molecule has 0 aliphatic heterocycles. The lowest BCUT2D eigenvalue weighted by Gasteiger charge is -2.21. The average molecular weight is 402 g/mol. The van der Waals surface area contributed by atoms with E-state index in [1.807, 2.05) is 38.9 Å². The number of hydrogen-bond donors (Lipinski definition) is 1. The quantitative estimate of drug-likeness (QED) is 0.625. The van der Waals surface area contributed by atoms with Crippen LogP contribution in [-0.2, 0) is 6.42 Å². The topological polar surface area (TPSA) is 72.4 Å². The van der Waals surface area contributed by atoms with E-state index < -0.39 is 0 Å². The van der Waals surface area contributed by atoms with Crippen molar-refractivity contribution in [1.29, 1.82) is 0 Å². The summed E-state index contributed by atoms with van der Waals surface area (Å²) < 4.78 is 11.7. The number of aryl methyl sites for hydroxylation is 1. The minimum atomic E-state index is 0.0200. The number of hydrogen-bond acceptors (Lipinski definition) is 7. The van der Waals surface area contributed by atoms with Crippen LogP contribution >= 0.6 is 0 Å². The highest BCUT2D eigenvalue weighted by molar-refractivity contribution is 5.73. The van der Waals surface area contributed by atoms with Gasteiger partial charge < -0.3 is 19.7 Å². The number of rotatable bonds is 10. The van der Waals surface area contributed by atoms with E-state index >= 15 is 0 Å². The van der Waals surface area contributed by atoms with Crippen LogP contribution in [0.2, 0.25) is 0 Å². The largest absolute Gasteiger partial charge is 0.490 e. The highest BCUT2D eigenvalue weighted by atomic mass is 16.5. The molecule has 160 valence electrons. The zero-order chi connectivity index (χ0) is 21.6. The minimum Gasteiger partial charge on any atom is -0.490 e. The molecule has 2 aromatic heterocycles. The lowest BCUT2D eigenvalue weighted by Crippen LogP contribution is -2.20. The molecule has 0 aliphatic carbocycles. The molecule has 2 heterocycles. The Morgan fingerprint density at radius 3 is 2.31 bits per heavy atom. The molecule has 7 heteroatoms. The van der Waals surface area contributed by atoms with Gasteiger partial charge in [-0.3, -0.25) is 0 Å². The van der Waals surface area contributed by atoms with Crippen LogP contribution < -0.4 is 19.7 Å². The molecule has 0 unspecified atom stereocenters. The number of methoxy groups -OCH3 is 1. The van der Waals surface area contributed by atoms with Gasteiger partial charge in [0.25, 0.3) is 0 Å². The maximum absolute atomic E-state index is 6.09. The first-order valence-electron chi connectivity index (χ1n) is 10.4. The van der Waals surface area contributed by atoms with Gasteiger partial charge in [-0.05, 0) is 33.1 Å². The highest BCUT2D eigenvalue weighted by Crippen LogP contribution is 2.37. The Bertz CT molecular complexity index is 804. The van der Waals surface area contributed by atoms with Crippen LogP contribution in [0.3, 0.4) is 0 Å². The number of aromatic nitrogens is 3. The zero-order valence-corrected chi connectivity index (χ0v) is 19.0. The summed E-state index contributed by atoms with van der Waals surface area (Å²) in [6.45, 7) is 10.4. The molecule has 0 saturated heterocycles. The van der Waals surface area contributed by atoms with Gasteiger partial charge in [0.05, 0.1) is 24.5 Å². The first-order chi connectivity index (χ1) is 13.8. The monoisotopic (exact) mass is 401 g/mol. The van der Waals surface area contributed by atoms with Gasteiger partial charge in [-0.2, -0.15) is 4.98 Å². The van der Waals surface area contributed by atoms with Crippen LogP contribution in [0, 0.1) is 0 Å². The third-order valence-electron chi connectivity index (χ3n) is 4.72. The normalized spacial score (nSPS) is 11.1. The molecule has 0 saturated carbocycles. The van der Waals surface area contributed by atoms with E-state index in [0.29, 0.717) is 23.4 Å². The molecule has 0 fully saturated rings. The van der Waals surface area contributed by atoms with Crippen molar-refractivity contribution in [3.63, 3.8) is 0 Å². The lowest BCUT2D eigenvalue weighted by molar-refractivity contribution is 0.243. The Morgan fingerprint density at radius 1 is 1.10 bits per heavy atom. The summed E-state index contributed by atoms with van der Waals surface area (Å²) in [5, 5.41) is 3.52. The second kappa shape index (κ2) is 10.3. The summed E-state index contributed by atoms with van der Waals surface area (Å²) >= 11 is 0.